The third-order valence-electron chi connectivity index (χ3n) is 2.28. The third-order valence-corrected chi connectivity index (χ3v) is 2.28. The van der Waals surface area contributed by atoms with Gasteiger partial charge in [-0.05, 0) is 25.7 Å². The molecule has 1 aromatic rings. The van der Waals surface area contributed by atoms with Gasteiger partial charge < -0.3 is 30.4 Å². The lowest BCUT2D eigenvalue weighted by Crippen LogP contribution is -2.39. The first kappa shape index (κ1) is 16.9. The molecule has 21 heavy (non-hydrogen) atoms. The van der Waals surface area contributed by atoms with Crippen molar-refractivity contribution < 1.29 is 24.7 Å². The molecule has 1 aromatic heterocycles. The summed E-state index contributed by atoms with van der Waals surface area (Å²) in [6.07, 6.45) is -2.73. The predicted octanol–water partition coefficient (Wildman–Crippen LogP) is 0.237. The van der Waals surface area contributed by atoms with Gasteiger partial charge in [-0.1, -0.05) is 0 Å². The second kappa shape index (κ2) is 6.50. The van der Waals surface area contributed by atoms with Crippen LogP contribution in [-0.4, -0.2) is 49.4 Å². The van der Waals surface area contributed by atoms with Gasteiger partial charge >= 0.3 is 11.9 Å². The van der Waals surface area contributed by atoms with E-state index in [9.17, 15) is 25.1 Å². The molecule has 0 bridgehead atoms. The standard InChI is InChI=1S/C11H18N4O6/c1-11(2,3)21-10(18)13-4-6(16)8(17)9-12-5-7(14-9)15(19)20/h5-6,8,16-17H,4H2,1-3H3,(H,12,14)(H,13,18). The first-order valence-corrected chi connectivity index (χ1v) is 6.12. The number of amides is 1. The lowest BCUT2D eigenvalue weighted by Gasteiger charge is -2.21. The number of aromatic amines is 1. The van der Waals surface area contributed by atoms with E-state index in [1.54, 1.807) is 20.8 Å². The van der Waals surface area contributed by atoms with Crippen molar-refractivity contribution >= 4 is 11.9 Å². The molecule has 0 saturated carbocycles. The summed E-state index contributed by atoms with van der Waals surface area (Å²) in [5.41, 5.74) is -0.685. The monoisotopic (exact) mass is 302 g/mol. The summed E-state index contributed by atoms with van der Waals surface area (Å²) >= 11 is 0. The van der Waals surface area contributed by atoms with Gasteiger partial charge in [-0.2, -0.15) is 0 Å². The van der Waals surface area contributed by atoms with Gasteiger partial charge in [0.25, 0.3) is 0 Å². The summed E-state index contributed by atoms with van der Waals surface area (Å²) in [6.45, 7) is 4.74. The minimum atomic E-state index is -1.51. The Morgan fingerprint density at radius 2 is 2.19 bits per heavy atom. The van der Waals surface area contributed by atoms with Crippen molar-refractivity contribution in [2.24, 2.45) is 0 Å². The lowest BCUT2D eigenvalue weighted by molar-refractivity contribution is -0.389. The van der Waals surface area contributed by atoms with Gasteiger partial charge in [-0.25, -0.2) is 14.8 Å². The average Bonchev–Trinajstić information content (AvgIpc) is 2.82. The fourth-order valence-electron chi connectivity index (χ4n) is 1.37. The maximum Gasteiger partial charge on any atom is 0.407 e. The fourth-order valence-corrected chi connectivity index (χ4v) is 1.37. The number of nitrogens with one attached hydrogen (secondary N) is 2. The summed E-state index contributed by atoms with van der Waals surface area (Å²) in [4.78, 5) is 27.0. The topological polar surface area (TPSA) is 151 Å². The van der Waals surface area contributed by atoms with Crippen molar-refractivity contribution in [3.05, 3.63) is 22.1 Å². The highest BCUT2D eigenvalue weighted by atomic mass is 16.6. The first-order chi connectivity index (χ1) is 9.60. The summed E-state index contributed by atoms with van der Waals surface area (Å²) in [5, 5.41) is 32.2. The number of carbonyl (C=O) groups is 1. The van der Waals surface area contributed by atoms with Gasteiger partial charge in [0, 0.05) is 6.54 Å². The number of imidazole rings is 1. The quantitative estimate of drug-likeness (QED) is 0.449. The van der Waals surface area contributed by atoms with E-state index >= 15 is 0 Å². The van der Waals surface area contributed by atoms with Crippen LogP contribution in [0, 0.1) is 10.1 Å². The zero-order valence-electron chi connectivity index (χ0n) is 11.9. The molecule has 0 radical (unpaired) electrons. The van der Waals surface area contributed by atoms with Crippen molar-refractivity contribution in [2.75, 3.05) is 6.54 Å². The SMILES string of the molecule is CC(C)(C)OC(=O)NCC(O)C(O)c1ncc([N+](=O)[O-])[nH]1. The zero-order chi connectivity index (χ0) is 16.2. The maximum atomic E-state index is 11.4. The third kappa shape index (κ3) is 5.36. The summed E-state index contributed by atoms with van der Waals surface area (Å²) < 4.78 is 4.95. The van der Waals surface area contributed by atoms with Gasteiger partial charge in [0.1, 0.15) is 17.9 Å². The normalized spacial score (nSPS) is 14.3. The number of nitro groups is 1. The van der Waals surface area contributed by atoms with Gasteiger partial charge in [0.05, 0.1) is 0 Å². The summed E-state index contributed by atoms with van der Waals surface area (Å²) in [7, 11) is 0. The number of ether oxygens (including phenoxy) is 1. The Morgan fingerprint density at radius 3 is 2.67 bits per heavy atom. The molecule has 1 rings (SSSR count). The molecule has 0 aliphatic rings. The van der Waals surface area contributed by atoms with Crippen molar-refractivity contribution in [2.45, 2.75) is 38.6 Å². The Morgan fingerprint density at radius 1 is 1.57 bits per heavy atom. The van der Waals surface area contributed by atoms with E-state index in [4.69, 9.17) is 4.74 Å². The predicted molar refractivity (Wildman–Crippen MR) is 70.4 cm³/mol. The minimum absolute atomic E-state index is 0.166. The van der Waals surface area contributed by atoms with Crippen LogP contribution in [0.4, 0.5) is 10.6 Å². The largest absolute Gasteiger partial charge is 0.444 e. The number of aliphatic hydroxyl groups excluding tert-OH is 2. The molecule has 0 aliphatic heterocycles. The van der Waals surface area contributed by atoms with Crippen LogP contribution in [0.25, 0.3) is 0 Å². The van der Waals surface area contributed by atoms with Crippen LogP contribution in [0.3, 0.4) is 0 Å². The molecule has 0 aliphatic carbocycles. The van der Waals surface area contributed by atoms with Crippen molar-refractivity contribution in [3.8, 4) is 0 Å². The van der Waals surface area contributed by atoms with E-state index in [1.165, 1.54) is 0 Å². The van der Waals surface area contributed by atoms with E-state index in [-0.39, 0.29) is 12.4 Å². The molecular weight excluding hydrogens is 284 g/mol. The molecule has 0 fully saturated rings. The maximum absolute atomic E-state index is 11.4. The Kier molecular flexibility index (Phi) is 5.22. The molecule has 1 amide bonds. The van der Waals surface area contributed by atoms with Crippen molar-refractivity contribution in [1.29, 1.82) is 0 Å². The van der Waals surface area contributed by atoms with E-state index in [0.717, 1.165) is 6.20 Å². The number of rotatable bonds is 5. The fraction of sp³-hybridized carbons (Fsp3) is 0.636. The van der Waals surface area contributed by atoms with Gasteiger partial charge in [-0.15, -0.1) is 0 Å². The molecule has 2 unspecified atom stereocenters. The van der Waals surface area contributed by atoms with E-state index < -0.39 is 34.6 Å². The van der Waals surface area contributed by atoms with Crippen LogP contribution in [0.2, 0.25) is 0 Å². The Bertz CT molecular complexity index is 509. The number of hydrogen-bond donors (Lipinski definition) is 4. The van der Waals surface area contributed by atoms with E-state index in [1.807, 2.05) is 0 Å². The highest BCUT2D eigenvalue weighted by Crippen LogP contribution is 2.16. The van der Waals surface area contributed by atoms with Crippen LogP contribution in [0.5, 0.6) is 0 Å². The molecule has 2 atom stereocenters. The van der Waals surface area contributed by atoms with Crippen LogP contribution < -0.4 is 5.32 Å². The summed E-state index contributed by atoms with van der Waals surface area (Å²) in [5.74, 6) is -0.573. The molecule has 10 heteroatoms. The molecule has 0 spiro atoms. The number of aromatic nitrogens is 2. The number of nitrogens with zero attached hydrogens (tertiary/aromatic N) is 2. The molecule has 0 aromatic carbocycles. The zero-order valence-corrected chi connectivity index (χ0v) is 11.9. The number of hydrogen-bond acceptors (Lipinski definition) is 7. The second-order valence-electron chi connectivity index (χ2n) is 5.31. The van der Waals surface area contributed by atoms with Crippen LogP contribution >= 0.6 is 0 Å². The molecule has 0 saturated heterocycles. The molecule has 1 heterocycles. The van der Waals surface area contributed by atoms with Crippen molar-refractivity contribution in [3.63, 3.8) is 0 Å². The molecule has 118 valence electrons. The second-order valence-corrected chi connectivity index (χ2v) is 5.31. The van der Waals surface area contributed by atoms with E-state index in [2.05, 4.69) is 15.3 Å². The first-order valence-electron chi connectivity index (χ1n) is 6.12. The molecular formula is C11H18N4O6. The number of aliphatic hydroxyl groups is 2. The van der Waals surface area contributed by atoms with Gasteiger partial charge in [-0.3, -0.25) is 0 Å². The van der Waals surface area contributed by atoms with E-state index in [0.29, 0.717) is 0 Å². The lowest BCUT2D eigenvalue weighted by atomic mass is 10.2. The van der Waals surface area contributed by atoms with Crippen LogP contribution in [-0.2, 0) is 4.74 Å². The average molecular weight is 302 g/mol. The van der Waals surface area contributed by atoms with Crippen LogP contribution in [0.1, 0.15) is 32.7 Å². The van der Waals surface area contributed by atoms with Gasteiger partial charge in [0.15, 0.2) is 6.10 Å². The van der Waals surface area contributed by atoms with Crippen LogP contribution in [0.15, 0.2) is 6.20 Å². The highest BCUT2D eigenvalue weighted by molar-refractivity contribution is 5.67. The van der Waals surface area contributed by atoms with Crippen molar-refractivity contribution in [1.82, 2.24) is 15.3 Å². The highest BCUT2D eigenvalue weighted by Gasteiger charge is 2.26. The Balaban J connectivity index is 2.52. The minimum Gasteiger partial charge on any atom is -0.444 e. The molecule has 10 nitrogen and oxygen atoms in total. The smallest absolute Gasteiger partial charge is 0.407 e. The Labute approximate surface area is 120 Å². The number of alkyl carbamates (subject to hydrolysis) is 1. The number of carbonyl (C=O) groups excluding carboxylic acids is 1. The van der Waals surface area contributed by atoms with Gasteiger partial charge in [0.2, 0.25) is 5.82 Å². The summed E-state index contributed by atoms with van der Waals surface area (Å²) in [6, 6.07) is 0. The molecule has 4 N–H and O–H groups in total. The Hall–Kier alpha value is -2.20. The number of H-pyrrole nitrogens is 1.